The topological polar surface area (TPSA) is 0 Å². The second-order valence-corrected chi connectivity index (χ2v) is 9.14. The van der Waals surface area contributed by atoms with E-state index in [1.54, 1.807) is 12.3 Å². The van der Waals surface area contributed by atoms with Crippen LogP contribution in [0.5, 0.6) is 0 Å². The van der Waals surface area contributed by atoms with Gasteiger partial charge >= 0.3 is 0 Å². The van der Waals surface area contributed by atoms with Gasteiger partial charge in [0.1, 0.15) is 0 Å². The molecule has 0 aromatic heterocycles. The lowest BCUT2D eigenvalue weighted by atomic mass is 10.2. The molecule has 0 fully saturated rings. The fraction of sp³-hybridized carbons (Fsp3) is 1.00. The van der Waals surface area contributed by atoms with Gasteiger partial charge in [-0.2, -0.15) is 0 Å². The summed E-state index contributed by atoms with van der Waals surface area (Å²) in [6.07, 6.45) is 20.6. The van der Waals surface area contributed by atoms with Gasteiger partial charge in [-0.1, -0.05) is 79.1 Å². The van der Waals surface area contributed by atoms with Crippen molar-refractivity contribution in [2.45, 2.75) is 110 Å². The van der Waals surface area contributed by atoms with Crippen LogP contribution in [0.4, 0.5) is 0 Å². The molecule has 0 nitrogen and oxygen atoms in total. The first-order chi connectivity index (χ1) is 9.79. The van der Waals surface area contributed by atoms with Gasteiger partial charge in [0.25, 0.3) is 0 Å². The highest BCUT2D eigenvalue weighted by atomic mass is 31.1. The van der Waals surface area contributed by atoms with Crippen LogP contribution >= 0.6 is 7.92 Å². The molecule has 0 spiro atoms. The van der Waals surface area contributed by atoms with Crippen molar-refractivity contribution in [1.29, 1.82) is 0 Å². The fourth-order valence-corrected chi connectivity index (χ4v) is 6.37. The van der Waals surface area contributed by atoms with Crippen molar-refractivity contribution in [3.05, 3.63) is 0 Å². The first-order valence-electron chi connectivity index (χ1n) is 9.54. The van der Waals surface area contributed by atoms with Gasteiger partial charge in [0.05, 0.1) is 0 Å². The molecule has 0 atom stereocenters. The molecule has 0 aliphatic carbocycles. The summed E-state index contributed by atoms with van der Waals surface area (Å²) in [5, 5.41) is 0. The summed E-state index contributed by atoms with van der Waals surface area (Å²) in [6.45, 7) is 9.45. The SMILES string of the molecule is CCCCCCCP(CCCCCCC)C(CC)CC. The Labute approximate surface area is 131 Å². The van der Waals surface area contributed by atoms with Gasteiger partial charge in [-0.25, -0.2) is 0 Å². The van der Waals surface area contributed by atoms with E-state index in [0.29, 0.717) is 7.92 Å². The van der Waals surface area contributed by atoms with E-state index in [-0.39, 0.29) is 0 Å². The second-order valence-electron chi connectivity index (χ2n) is 6.33. The lowest BCUT2D eigenvalue weighted by molar-refractivity contribution is 0.648. The van der Waals surface area contributed by atoms with Crippen molar-refractivity contribution in [2.24, 2.45) is 0 Å². The molecule has 0 radical (unpaired) electrons. The van der Waals surface area contributed by atoms with Crippen molar-refractivity contribution >= 4 is 7.92 Å². The van der Waals surface area contributed by atoms with Crippen LogP contribution in [0.2, 0.25) is 0 Å². The van der Waals surface area contributed by atoms with E-state index in [0.717, 1.165) is 5.66 Å². The molecule has 20 heavy (non-hydrogen) atoms. The Hall–Kier alpha value is 0.430. The van der Waals surface area contributed by atoms with E-state index in [9.17, 15) is 0 Å². The van der Waals surface area contributed by atoms with Crippen LogP contribution in [0, 0.1) is 0 Å². The van der Waals surface area contributed by atoms with Crippen molar-refractivity contribution < 1.29 is 0 Å². The molecule has 0 aliphatic rings. The van der Waals surface area contributed by atoms with E-state index < -0.39 is 0 Å². The molecule has 0 N–H and O–H groups in total. The summed E-state index contributed by atoms with van der Waals surface area (Å²) in [4.78, 5) is 0. The standard InChI is InChI=1S/C19H41P/c1-5-9-11-13-15-17-20(19(7-3)8-4)18-16-14-12-10-6-2/h19H,5-18H2,1-4H3. The van der Waals surface area contributed by atoms with Gasteiger partial charge in [-0.15, -0.1) is 7.92 Å². The summed E-state index contributed by atoms with van der Waals surface area (Å²) >= 11 is 0. The highest BCUT2D eigenvalue weighted by Gasteiger charge is 2.16. The Bertz CT molecular complexity index is 161. The minimum Gasteiger partial charge on any atom is -0.104 e. The van der Waals surface area contributed by atoms with Crippen LogP contribution in [0.15, 0.2) is 0 Å². The van der Waals surface area contributed by atoms with Crippen molar-refractivity contribution in [3.63, 3.8) is 0 Å². The van der Waals surface area contributed by atoms with E-state index in [1.165, 1.54) is 77.0 Å². The number of hydrogen-bond acceptors (Lipinski definition) is 0. The second kappa shape index (κ2) is 15.8. The lowest BCUT2D eigenvalue weighted by Crippen LogP contribution is -2.08. The van der Waals surface area contributed by atoms with Crippen LogP contribution in [-0.4, -0.2) is 18.0 Å². The summed E-state index contributed by atoms with van der Waals surface area (Å²) in [5.74, 6) is 0. The molecule has 0 heterocycles. The number of unbranched alkanes of at least 4 members (excludes halogenated alkanes) is 8. The van der Waals surface area contributed by atoms with Crippen molar-refractivity contribution in [3.8, 4) is 0 Å². The van der Waals surface area contributed by atoms with Crippen molar-refractivity contribution in [2.75, 3.05) is 12.3 Å². The van der Waals surface area contributed by atoms with Gasteiger partial charge in [0, 0.05) is 0 Å². The third-order valence-electron chi connectivity index (χ3n) is 4.56. The van der Waals surface area contributed by atoms with Crippen LogP contribution in [0.3, 0.4) is 0 Å². The maximum Gasteiger partial charge on any atom is -0.0214 e. The first kappa shape index (κ1) is 20.4. The molecule has 0 aliphatic heterocycles. The van der Waals surface area contributed by atoms with Gasteiger partial charge in [0.2, 0.25) is 0 Å². The molecule has 0 aromatic rings. The quantitative estimate of drug-likeness (QED) is 0.216. The van der Waals surface area contributed by atoms with Crippen LogP contribution < -0.4 is 0 Å². The van der Waals surface area contributed by atoms with Gasteiger partial charge < -0.3 is 0 Å². The van der Waals surface area contributed by atoms with Crippen LogP contribution in [0.1, 0.15) is 105 Å². The first-order valence-corrected chi connectivity index (χ1v) is 11.3. The Morgan fingerprint density at radius 2 is 0.950 bits per heavy atom. The predicted molar refractivity (Wildman–Crippen MR) is 98.5 cm³/mol. The summed E-state index contributed by atoms with van der Waals surface area (Å²) in [5.41, 5.74) is 1.06. The monoisotopic (exact) mass is 300 g/mol. The maximum absolute atomic E-state index is 2.41. The Morgan fingerprint density at radius 1 is 0.550 bits per heavy atom. The zero-order valence-electron chi connectivity index (χ0n) is 14.9. The van der Waals surface area contributed by atoms with E-state index in [2.05, 4.69) is 27.7 Å². The molecule has 0 rings (SSSR count). The molecular formula is C19H41P. The molecule has 0 saturated carbocycles. The predicted octanol–water partition coefficient (Wildman–Crippen LogP) is 7.60. The van der Waals surface area contributed by atoms with E-state index in [1.807, 2.05) is 0 Å². The largest absolute Gasteiger partial charge is 0.104 e. The Kier molecular flexibility index (Phi) is 16.2. The number of hydrogen-bond donors (Lipinski definition) is 0. The zero-order chi connectivity index (χ0) is 15.1. The van der Waals surface area contributed by atoms with Gasteiger partial charge in [-0.05, 0) is 43.7 Å². The molecule has 122 valence electrons. The molecule has 1 heteroatoms. The molecular weight excluding hydrogens is 259 g/mol. The maximum atomic E-state index is 2.41. The third-order valence-corrected chi connectivity index (χ3v) is 8.10. The van der Waals surface area contributed by atoms with Gasteiger partial charge in [0.15, 0.2) is 0 Å². The molecule has 0 amide bonds. The fourth-order valence-electron chi connectivity index (χ4n) is 3.12. The minimum absolute atomic E-state index is 0.334. The molecule has 0 bridgehead atoms. The van der Waals surface area contributed by atoms with Crippen LogP contribution in [0.25, 0.3) is 0 Å². The smallest absolute Gasteiger partial charge is 0.0214 e. The van der Waals surface area contributed by atoms with Crippen LogP contribution in [-0.2, 0) is 0 Å². The Balaban J connectivity index is 3.88. The highest BCUT2D eigenvalue weighted by molar-refractivity contribution is 7.58. The van der Waals surface area contributed by atoms with Gasteiger partial charge in [-0.3, -0.25) is 0 Å². The van der Waals surface area contributed by atoms with E-state index in [4.69, 9.17) is 0 Å². The highest BCUT2D eigenvalue weighted by Crippen LogP contribution is 2.46. The summed E-state index contributed by atoms with van der Waals surface area (Å²) < 4.78 is 0. The number of rotatable bonds is 15. The van der Waals surface area contributed by atoms with E-state index >= 15 is 0 Å². The minimum atomic E-state index is 0.334. The lowest BCUT2D eigenvalue weighted by Gasteiger charge is -2.26. The molecule has 0 aromatic carbocycles. The Morgan fingerprint density at radius 3 is 1.30 bits per heavy atom. The third kappa shape index (κ3) is 11.1. The zero-order valence-corrected chi connectivity index (χ0v) is 15.8. The summed E-state index contributed by atoms with van der Waals surface area (Å²) in [6, 6.07) is 0. The molecule has 0 unspecified atom stereocenters. The van der Waals surface area contributed by atoms with Crippen molar-refractivity contribution in [1.82, 2.24) is 0 Å². The normalized spacial score (nSPS) is 11.7. The average Bonchev–Trinajstić information content (AvgIpc) is 2.47. The summed E-state index contributed by atoms with van der Waals surface area (Å²) in [7, 11) is 0.334. The average molecular weight is 301 g/mol. The molecule has 0 saturated heterocycles.